The van der Waals surface area contributed by atoms with Crippen LogP contribution in [0.25, 0.3) is 0 Å². The van der Waals surface area contributed by atoms with Gasteiger partial charge in [0.15, 0.2) is 6.71 Å². The summed E-state index contributed by atoms with van der Waals surface area (Å²) in [7, 11) is 0. The zero-order valence-electron chi connectivity index (χ0n) is 10.8. The Bertz CT molecular complexity index is 293. The number of hydrogen-bond donors (Lipinski definition) is 0. The molecular formula is C14H23BO. The molecule has 0 atom stereocenters. The van der Waals surface area contributed by atoms with Gasteiger partial charge in [-0.2, -0.15) is 0 Å². The van der Waals surface area contributed by atoms with Crippen LogP contribution >= 0.6 is 0 Å². The third-order valence-electron chi connectivity index (χ3n) is 3.10. The number of ether oxygens (including phenoxy) is 1. The maximum atomic E-state index is 5.39. The molecule has 0 bridgehead atoms. The van der Waals surface area contributed by atoms with Crippen LogP contribution in [-0.4, -0.2) is 19.9 Å². The molecule has 1 aromatic rings. The SMILES string of the molecule is CC.CCc1ccccc1B1CCOCC1. The summed E-state index contributed by atoms with van der Waals surface area (Å²) in [6, 6.07) is 8.84. The van der Waals surface area contributed by atoms with Gasteiger partial charge in [-0.15, -0.1) is 0 Å². The van der Waals surface area contributed by atoms with Crippen molar-refractivity contribution in [3.63, 3.8) is 0 Å². The van der Waals surface area contributed by atoms with Crippen molar-refractivity contribution in [2.45, 2.75) is 39.8 Å². The molecule has 1 nitrogen and oxygen atoms in total. The summed E-state index contributed by atoms with van der Waals surface area (Å²) >= 11 is 0. The van der Waals surface area contributed by atoms with E-state index in [0.717, 1.165) is 26.3 Å². The van der Waals surface area contributed by atoms with E-state index in [1.807, 2.05) is 13.8 Å². The molecule has 1 aromatic carbocycles. The lowest BCUT2D eigenvalue weighted by molar-refractivity contribution is 0.151. The minimum absolute atomic E-state index is 0.736. The molecule has 2 rings (SSSR count). The minimum atomic E-state index is 0.736. The molecule has 1 fully saturated rings. The van der Waals surface area contributed by atoms with Gasteiger partial charge in [-0.3, -0.25) is 0 Å². The number of hydrogen-bond acceptors (Lipinski definition) is 1. The molecular weight excluding hydrogens is 195 g/mol. The van der Waals surface area contributed by atoms with E-state index in [2.05, 4.69) is 31.2 Å². The van der Waals surface area contributed by atoms with Crippen molar-refractivity contribution in [2.24, 2.45) is 0 Å². The van der Waals surface area contributed by atoms with E-state index in [-0.39, 0.29) is 0 Å². The lowest BCUT2D eigenvalue weighted by Crippen LogP contribution is -2.37. The Kier molecular flexibility index (Phi) is 6.25. The monoisotopic (exact) mass is 218 g/mol. The van der Waals surface area contributed by atoms with Crippen LogP contribution < -0.4 is 5.46 Å². The van der Waals surface area contributed by atoms with Crippen molar-refractivity contribution in [1.82, 2.24) is 0 Å². The summed E-state index contributed by atoms with van der Waals surface area (Å²) in [5, 5.41) is 0. The largest absolute Gasteiger partial charge is 0.383 e. The molecule has 88 valence electrons. The number of benzene rings is 1. The summed E-state index contributed by atoms with van der Waals surface area (Å²) in [4.78, 5) is 0. The van der Waals surface area contributed by atoms with Gasteiger partial charge in [0, 0.05) is 13.2 Å². The van der Waals surface area contributed by atoms with Crippen LogP contribution in [0, 0.1) is 0 Å². The van der Waals surface area contributed by atoms with Crippen LogP contribution in [-0.2, 0) is 11.2 Å². The van der Waals surface area contributed by atoms with Gasteiger partial charge in [0.2, 0.25) is 0 Å². The normalized spacial score (nSPS) is 15.3. The molecule has 1 aliphatic rings. The first-order chi connectivity index (χ1) is 7.92. The molecule has 0 aromatic heterocycles. The highest BCUT2D eigenvalue weighted by atomic mass is 16.5. The average Bonchev–Trinajstić information content (AvgIpc) is 2.42. The average molecular weight is 218 g/mol. The molecule has 0 unspecified atom stereocenters. The van der Waals surface area contributed by atoms with Crippen LogP contribution in [0.2, 0.25) is 12.6 Å². The van der Waals surface area contributed by atoms with E-state index >= 15 is 0 Å². The van der Waals surface area contributed by atoms with Crippen molar-refractivity contribution in [3.05, 3.63) is 29.8 Å². The van der Waals surface area contributed by atoms with Crippen LogP contribution in [0.5, 0.6) is 0 Å². The van der Waals surface area contributed by atoms with Gasteiger partial charge in [-0.1, -0.05) is 56.1 Å². The first-order valence-electron chi connectivity index (χ1n) is 6.57. The Labute approximate surface area is 100 Å². The molecule has 16 heavy (non-hydrogen) atoms. The third-order valence-corrected chi connectivity index (χ3v) is 3.10. The van der Waals surface area contributed by atoms with Gasteiger partial charge in [0.05, 0.1) is 0 Å². The molecule has 0 N–H and O–H groups in total. The molecule has 0 saturated carbocycles. The molecule has 0 amide bonds. The fourth-order valence-corrected chi connectivity index (χ4v) is 2.26. The maximum absolute atomic E-state index is 5.39. The molecule has 1 heterocycles. The predicted octanol–water partition coefficient (Wildman–Crippen LogP) is 3.01. The van der Waals surface area contributed by atoms with Crippen molar-refractivity contribution >= 4 is 12.2 Å². The summed E-state index contributed by atoms with van der Waals surface area (Å²) in [6.45, 7) is 8.84. The summed E-state index contributed by atoms with van der Waals surface area (Å²) in [5.41, 5.74) is 3.07. The van der Waals surface area contributed by atoms with Gasteiger partial charge in [-0.25, -0.2) is 0 Å². The van der Waals surface area contributed by atoms with Gasteiger partial charge in [0.25, 0.3) is 0 Å². The highest BCUT2D eigenvalue weighted by Crippen LogP contribution is 2.10. The van der Waals surface area contributed by atoms with Crippen molar-refractivity contribution in [2.75, 3.05) is 13.2 Å². The highest BCUT2D eigenvalue weighted by Gasteiger charge is 2.21. The first-order valence-corrected chi connectivity index (χ1v) is 6.57. The van der Waals surface area contributed by atoms with E-state index in [1.54, 1.807) is 5.46 Å². The van der Waals surface area contributed by atoms with Gasteiger partial charge >= 0.3 is 0 Å². The Morgan fingerprint density at radius 2 is 1.75 bits per heavy atom. The van der Waals surface area contributed by atoms with Crippen LogP contribution in [0.4, 0.5) is 0 Å². The Morgan fingerprint density at radius 1 is 1.12 bits per heavy atom. The molecule has 1 aliphatic heterocycles. The van der Waals surface area contributed by atoms with E-state index in [4.69, 9.17) is 4.74 Å². The summed E-state index contributed by atoms with van der Waals surface area (Å²) in [5.74, 6) is 0. The summed E-state index contributed by atoms with van der Waals surface area (Å²) < 4.78 is 5.39. The first kappa shape index (κ1) is 13.3. The predicted molar refractivity (Wildman–Crippen MR) is 73.0 cm³/mol. The van der Waals surface area contributed by atoms with E-state index in [9.17, 15) is 0 Å². The zero-order chi connectivity index (χ0) is 11.8. The van der Waals surface area contributed by atoms with Gasteiger partial charge in [0.1, 0.15) is 0 Å². The lowest BCUT2D eigenvalue weighted by atomic mass is 9.39. The second kappa shape index (κ2) is 7.51. The second-order valence-electron chi connectivity index (χ2n) is 3.94. The topological polar surface area (TPSA) is 9.23 Å². The minimum Gasteiger partial charge on any atom is -0.383 e. The van der Waals surface area contributed by atoms with E-state index in [0.29, 0.717) is 0 Å². The van der Waals surface area contributed by atoms with Gasteiger partial charge < -0.3 is 4.74 Å². The Hall–Kier alpha value is -0.755. The molecule has 1 saturated heterocycles. The zero-order valence-corrected chi connectivity index (χ0v) is 10.8. The number of rotatable bonds is 2. The molecule has 0 spiro atoms. The maximum Gasteiger partial charge on any atom is 0.180 e. The fourth-order valence-electron chi connectivity index (χ4n) is 2.26. The Balaban J connectivity index is 0.000000606. The number of aryl methyl sites for hydroxylation is 1. The fraction of sp³-hybridized carbons (Fsp3) is 0.571. The standard InChI is InChI=1S/C12H17BO.C2H6/c1-2-11-5-3-4-6-12(11)13-7-9-14-10-8-13;1-2/h3-6H,2,7-10H2,1H3;1-2H3. The molecule has 0 aliphatic carbocycles. The third kappa shape index (κ3) is 3.38. The molecule has 2 heteroatoms. The van der Waals surface area contributed by atoms with E-state index in [1.165, 1.54) is 18.2 Å². The van der Waals surface area contributed by atoms with Gasteiger partial charge in [-0.05, 0) is 19.1 Å². The van der Waals surface area contributed by atoms with Crippen molar-refractivity contribution in [1.29, 1.82) is 0 Å². The highest BCUT2D eigenvalue weighted by molar-refractivity contribution is 6.73. The Morgan fingerprint density at radius 3 is 2.38 bits per heavy atom. The van der Waals surface area contributed by atoms with Crippen molar-refractivity contribution in [3.8, 4) is 0 Å². The van der Waals surface area contributed by atoms with E-state index < -0.39 is 0 Å². The molecule has 0 radical (unpaired) electrons. The lowest BCUT2D eigenvalue weighted by Gasteiger charge is -2.21. The summed E-state index contributed by atoms with van der Waals surface area (Å²) in [6.07, 6.45) is 3.53. The van der Waals surface area contributed by atoms with Crippen molar-refractivity contribution < 1.29 is 4.74 Å². The smallest absolute Gasteiger partial charge is 0.180 e. The van der Waals surface area contributed by atoms with Crippen LogP contribution in [0.1, 0.15) is 26.3 Å². The van der Waals surface area contributed by atoms with Crippen LogP contribution in [0.15, 0.2) is 24.3 Å². The van der Waals surface area contributed by atoms with Crippen LogP contribution in [0.3, 0.4) is 0 Å². The second-order valence-corrected chi connectivity index (χ2v) is 3.94. The quantitative estimate of drug-likeness (QED) is 0.693.